The van der Waals surface area contributed by atoms with E-state index in [0.29, 0.717) is 31.5 Å². The van der Waals surface area contributed by atoms with E-state index in [-0.39, 0.29) is 11.8 Å². The predicted octanol–water partition coefficient (Wildman–Crippen LogP) is 4.40. The molecule has 3 rings (SSSR count). The second kappa shape index (κ2) is 8.99. The topological polar surface area (TPSA) is 49.4 Å². The molecule has 4 nitrogen and oxygen atoms in total. The zero-order chi connectivity index (χ0) is 19.1. The molecular weight excluding hydrogens is 336 g/mol. The van der Waals surface area contributed by atoms with Crippen LogP contribution >= 0.6 is 0 Å². The molecule has 0 aromatic heterocycles. The average Bonchev–Trinajstić information content (AvgIpc) is 2.72. The second-order valence-electron chi connectivity index (χ2n) is 6.36. The SMILES string of the molecule is CCN(C(=O)CCCNC(=O)c1ccccc1)c1cccc2ccccc12. The fourth-order valence-corrected chi connectivity index (χ4v) is 3.19. The van der Waals surface area contributed by atoms with Gasteiger partial charge in [0.1, 0.15) is 0 Å². The van der Waals surface area contributed by atoms with Crippen molar-refractivity contribution in [3.63, 3.8) is 0 Å². The van der Waals surface area contributed by atoms with E-state index in [1.165, 1.54) is 0 Å². The minimum absolute atomic E-state index is 0.0720. The molecule has 0 radical (unpaired) electrons. The highest BCUT2D eigenvalue weighted by atomic mass is 16.2. The van der Waals surface area contributed by atoms with E-state index in [0.717, 1.165) is 16.5 Å². The summed E-state index contributed by atoms with van der Waals surface area (Å²) in [4.78, 5) is 26.6. The van der Waals surface area contributed by atoms with Gasteiger partial charge in [0.15, 0.2) is 0 Å². The number of amides is 2. The first-order valence-electron chi connectivity index (χ1n) is 9.32. The third-order valence-electron chi connectivity index (χ3n) is 4.56. The van der Waals surface area contributed by atoms with Crippen molar-refractivity contribution in [1.29, 1.82) is 0 Å². The van der Waals surface area contributed by atoms with Crippen molar-refractivity contribution in [3.8, 4) is 0 Å². The number of carbonyl (C=O) groups excluding carboxylic acids is 2. The van der Waals surface area contributed by atoms with Crippen LogP contribution in [0.5, 0.6) is 0 Å². The first kappa shape index (κ1) is 18.6. The quantitative estimate of drug-likeness (QED) is 0.635. The van der Waals surface area contributed by atoms with Gasteiger partial charge in [-0.1, -0.05) is 54.6 Å². The number of carbonyl (C=O) groups is 2. The summed E-state index contributed by atoms with van der Waals surface area (Å²) in [5.74, 6) is -0.0349. The summed E-state index contributed by atoms with van der Waals surface area (Å²) < 4.78 is 0. The highest BCUT2D eigenvalue weighted by molar-refractivity contribution is 6.03. The molecule has 0 heterocycles. The Morgan fingerprint density at radius 1 is 0.889 bits per heavy atom. The predicted molar refractivity (Wildman–Crippen MR) is 110 cm³/mol. The van der Waals surface area contributed by atoms with Crippen LogP contribution in [-0.2, 0) is 4.79 Å². The lowest BCUT2D eigenvalue weighted by molar-refractivity contribution is -0.118. The van der Waals surface area contributed by atoms with Crippen LogP contribution in [0.25, 0.3) is 10.8 Å². The van der Waals surface area contributed by atoms with Crippen LogP contribution in [0.1, 0.15) is 30.1 Å². The molecule has 1 N–H and O–H groups in total. The average molecular weight is 360 g/mol. The third kappa shape index (κ3) is 4.53. The summed E-state index contributed by atoms with van der Waals surface area (Å²) in [6.45, 7) is 3.08. The number of rotatable bonds is 7. The monoisotopic (exact) mass is 360 g/mol. The molecule has 0 bridgehead atoms. The lowest BCUT2D eigenvalue weighted by Gasteiger charge is -2.23. The van der Waals surface area contributed by atoms with E-state index in [9.17, 15) is 9.59 Å². The lowest BCUT2D eigenvalue weighted by atomic mass is 10.1. The van der Waals surface area contributed by atoms with Gasteiger partial charge in [-0.2, -0.15) is 0 Å². The van der Waals surface area contributed by atoms with Crippen LogP contribution in [0, 0.1) is 0 Å². The largest absolute Gasteiger partial charge is 0.352 e. The van der Waals surface area contributed by atoms with E-state index in [1.54, 1.807) is 12.1 Å². The fraction of sp³-hybridized carbons (Fsp3) is 0.217. The Morgan fingerprint density at radius 3 is 2.37 bits per heavy atom. The molecule has 0 aliphatic carbocycles. The molecule has 0 spiro atoms. The molecule has 0 atom stereocenters. The smallest absolute Gasteiger partial charge is 0.251 e. The van der Waals surface area contributed by atoms with Crippen LogP contribution in [0.2, 0.25) is 0 Å². The van der Waals surface area contributed by atoms with Crippen LogP contribution < -0.4 is 10.2 Å². The molecule has 4 heteroatoms. The molecule has 138 valence electrons. The van der Waals surface area contributed by atoms with Gasteiger partial charge in [-0.15, -0.1) is 0 Å². The van der Waals surface area contributed by atoms with Crippen LogP contribution in [0.3, 0.4) is 0 Å². The van der Waals surface area contributed by atoms with Crippen molar-refractivity contribution in [2.24, 2.45) is 0 Å². The Balaban J connectivity index is 1.58. The minimum atomic E-state index is -0.107. The van der Waals surface area contributed by atoms with Gasteiger partial charge in [0, 0.05) is 30.5 Å². The third-order valence-corrected chi connectivity index (χ3v) is 4.56. The van der Waals surface area contributed by atoms with Crippen LogP contribution in [0.4, 0.5) is 5.69 Å². The number of hydrogen-bond donors (Lipinski definition) is 1. The van der Waals surface area contributed by atoms with Gasteiger partial charge in [-0.05, 0) is 36.9 Å². The van der Waals surface area contributed by atoms with Crippen LogP contribution in [-0.4, -0.2) is 24.9 Å². The Labute approximate surface area is 159 Å². The van der Waals surface area contributed by atoms with Crippen molar-refractivity contribution in [1.82, 2.24) is 5.32 Å². The molecular formula is C23H24N2O2. The van der Waals surface area contributed by atoms with Crippen molar-refractivity contribution in [3.05, 3.63) is 78.4 Å². The van der Waals surface area contributed by atoms with Gasteiger partial charge < -0.3 is 10.2 Å². The number of benzene rings is 3. The maximum atomic E-state index is 12.7. The Kier molecular flexibility index (Phi) is 6.21. The van der Waals surface area contributed by atoms with E-state index in [1.807, 2.05) is 60.4 Å². The van der Waals surface area contributed by atoms with Gasteiger partial charge >= 0.3 is 0 Å². The number of fused-ring (bicyclic) bond motifs is 1. The highest BCUT2D eigenvalue weighted by Gasteiger charge is 2.16. The molecule has 0 saturated heterocycles. The first-order chi connectivity index (χ1) is 13.2. The zero-order valence-corrected chi connectivity index (χ0v) is 15.5. The molecule has 3 aromatic rings. The molecule has 0 fully saturated rings. The molecule has 27 heavy (non-hydrogen) atoms. The molecule has 0 saturated carbocycles. The summed E-state index contributed by atoms with van der Waals surface area (Å²) in [6, 6.07) is 23.2. The Morgan fingerprint density at radius 2 is 1.59 bits per heavy atom. The summed E-state index contributed by atoms with van der Waals surface area (Å²) in [5, 5.41) is 5.07. The highest BCUT2D eigenvalue weighted by Crippen LogP contribution is 2.27. The number of nitrogens with zero attached hydrogens (tertiary/aromatic N) is 1. The summed E-state index contributed by atoms with van der Waals surface area (Å²) >= 11 is 0. The van der Waals surface area contributed by atoms with Crippen molar-refractivity contribution in [2.45, 2.75) is 19.8 Å². The van der Waals surface area contributed by atoms with E-state index >= 15 is 0 Å². The van der Waals surface area contributed by atoms with Crippen LogP contribution in [0.15, 0.2) is 72.8 Å². The van der Waals surface area contributed by atoms with Gasteiger partial charge in [0.25, 0.3) is 5.91 Å². The second-order valence-corrected chi connectivity index (χ2v) is 6.36. The number of anilines is 1. The molecule has 0 aliphatic heterocycles. The van der Waals surface area contributed by atoms with Crippen molar-refractivity contribution in [2.75, 3.05) is 18.0 Å². The Bertz CT molecular complexity index is 917. The minimum Gasteiger partial charge on any atom is -0.352 e. The normalized spacial score (nSPS) is 10.6. The van der Waals surface area contributed by atoms with Crippen molar-refractivity contribution < 1.29 is 9.59 Å². The standard InChI is InChI=1S/C23H24N2O2/c1-2-25(21-15-8-13-18-10-6-7-14-20(18)21)22(26)16-9-17-24-23(27)19-11-4-3-5-12-19/h3-8,10-15H,2,9,16-17H2,1H3,(H,24,27). The first-order valence-corrected chi connectivity index (χ1v) is 9.32. The molecule has 0 unspecified atom stereocenters. The fourth-order valence-electron chi connectivity index (χ4n) is 3.19. The number of hydrogen-bond acceptors (Lipinski definition) is 2. The van der Waals surface area contributed by atoms with E-state index < -0.39 is 0 Å². The lowest BCUT2D eigenvalue weighted by Crippen LogP contribution is -2.32. The van der Waals surface area contributed by atoms with Crippen molar-refractivity contribution >= 4 is 28.3 Å². The molecule has 3 aromatic carbocycles. The summed E-state index contributed by atoms with van der Waals surface area (Å²) in [7, 11) is 0. The van der Waals surface area contributed by atoms with Gasteiger partial charge in [0.2, 0.25) is 5.91 Å². The van der Waals surface area contributed by atoms with Gasteiger partial charge in [-0.25, -0.2) is 0 Å². The van der Waals surface area contributed by atoms with Gasteiger partial charge in [0.05, 0.1) is 5.69 Å². The van der Waals surface area contributed by atoms with E-state index in [2.05, 4.69) is 17.4 Å². The van der Waals surface area contributed by atoms with Gasteiger partial charge in [-0.3, -0.25) is 9.59 Å². The maximum absolute atomic E-state index is 12.7. The maximum Gasteiger partial charge on any atom is 0.251 e. The zero-order valence-electron chi connectivity index (χ0n) is 15.5. The summed E-state index contributed by atoms with van der Waals surface area (Å²) in [6.07, 6.45) is 1.00. The summed E-state index contributed by atoms with van der Waals surface area (Å²) in [5.41, 5.74) is 1.57. The number of nitrogens with one attached hydrogen (secondary N) is 1. The Hall–Kier alpha value is -3.14. The molecule has 0 aliphatic rings. The van der Waals surface area contributed by atoms with E-state index in [4.69, 9.17) is 0 Å². The molecule has 2 amide bonds.